The molecule has 2 aromatic carbocycles. The Morgan fingerprint density at radius 1 is 1.14 bits per heavy atom. The summed E-state index contributed by atoms with van der Waals surface area (Å²) in [4.78, 5) is 13.0. The Bertz CT molecular complexity index is 751. The topological polar surface area (TPSA) is 59.9 Å². The number of rotatable bonds is 12. The summed E-state index contributed by atoms with van der Waals surface area (Å²) in [6, 6.07) is 15.4. The third-order valence-corrected chi connectivity index (χ3v) is 4.99. The fraction of sp³-hybridized carbons (Fsp3) is 0.364. The molecule has 0 unspecified atom stereocenters. The lowest BCUT2D eigenvalue weighted by atomic mass is 10.2. The van der Waals surface area contributed by atoms with E-state index in [9.17, 15) is 4.79 Å². The molecule has 1 N–H and O–H groups in total. The van der Waals surface area contributed by atoms with Crippen LogP contribution in [0.2, 0.25) is 0 Å². The first-order chi connectivity index (χ1) is 13.7. The van der Waals surface area contributed by atoms with Gasteiger partial charge in [-0.2, -0.15) is 5.10 Å². The highest BCUT2D eigenvalue weighted by atomic mass is 32.2. The molecule has 0 spiro atoms. The van der Waals surface area contributed by atoms with Crippen molar-refractivity contribution in [2.45, 2.75) is 37.5 Å². The van der Waals surface area contributed by atoms with Gasteiger partial charge in [-0.15, -0.1) is 11.8 Å². The van der Waals surface area contributed by atoms with E-state index < -0.39 is 0 Å². The van der Waals surface area contributed by atoms with Gasteiger partial charge in [-0.3, -0.25) is 4.79 Å². The molecule has 0 saturated heterocycles. The molecule has 0 bridgehead atoms. The van der Waals surface area contributed by atoms with Crippen molar-refractivity contribution in [1.82, 2.24) is 5.43 Å². The summed E-state index contributed by atoms with van der Waals surface area (Å²) in [7, 11) is 1.62. The maximum atomic E-state index is 12.0. The van der Waals surface area contributed by atoms with Crippen molar-refractivity contribution >= 4 is 23.9 Å². The highest BCUT2D eigenvalue weighted by Gasteiger charge is 2.05. The Kier molecular flexibility index (Phi) is 10.0. The number of nitrogens with zero attached hydrogens (tertiary/aromatic N) is 1. The molecule has 150 valence electrons. The van der Waals surface area contributed by atoms with Gasteiger partial charge >= 0.3 is 0 Å². The molecule has 0 atom stereocenters. The predicted molar refractivity (Wildman–Crippen MR) is 116 cm³/mol. The van der Waals surface area contributed by atoms with Crippen molar-refractivity contribution in [3.8, 4) is 11.5 Å². The van der Waals surface area contributed by atoms with Crippen LogP contribution in [0.3, 0.4) is 0 Å². The number of carbonyl (C=O) groups excluding carboxylic acids is 1. The first-order valence-electron chi connectivity index (χ1n) is 9.53. The molecule has 2 aromatic rings. The molecule has 28 heavy (non-hydrogen) atoms. The van der Waals surface area contributed by atoms with Crippen molar-refractivity contribution in [2.24, 2.45) is 5.10 Å². The number of nitrogens with one attached hydrogen (secondary N) is 1. The molecular formula is C22H28N2O3S. The van der Waals surface area contributed by atoms with Gasteiger partial charge in [-0.25, -0.2) is 5.43 Å². The van der Waals surface area contributed by atoms with Gasteiger partial charge in [0.1, 0.15) is 11.5 Å². The van der Waals surface area contributed by atoms with Crippen LogP contribution in [0.5, 0.6) is 11.5 Å². The summed E-state index contributed by atoms with van der Waals surface area (Å²) in [5.41, 5.74) is 3.33. The second kappa shape index (κ2) is 12.8. The standard InChI is InChI=1S/C22H28N2O3S/c1-3-4-5-9-14-27-21-13-12-19(26-2)15-18(21)16-23-24-22(25)17-28-20-10-7-6-8-11-20/h6-8,10-13,15-16H,3-5,9,14,17H2,1-2H3,(H,24,25)/b23-16+. The molecule has 1 amide bonds. The number of hydrazone groups is 1. The van der Waals surface area contributed by atoms with Crippen LogP contribution >= 0.6 is 11.8 Å². The summed E-state index contributed by atoms with van der Waals surface area (Å²) >= 11 is 1.47. The van der Waals surface area contributed by atoms with Crippen molar-refractivity contribution < 1.29 is 14.3 Å². The van der Waals surface area contributed by atoms with Crippen LogP contribution in [0.4, 0.5) is 0 Å². The number of unbranched alkanes of at least 4 members (excludes halogenated alkanes) is 3. The van der Waals surface area contributed by atoms with Gasteiger partial charge in [0.2, 0.25) is 5.91 Å². The molecule has 2 rings (SSSR count). The molecular weight excluding hydrogens is 372 g/mol. The fourth-order valence-electron chi connectivity index (χ4n) is 2.47. The lowest BCUT2D eigenvalue weighted by Gasteiger charge is -2.10. The van der Waals surface area contributed by atoms with Crippen molar-refractivity contribution in [3.63, 3.8) is 0 Å². The predicted octanol–water partition coefficient (Wildman–Crippen LogP) is 4.90. The summed E-state index contributed by atoms with van der Waals surface area (Å²) in [6.07, 6.45) is 6.18. The molecule has 0 aliphatic carbocycles. The third-order valence-electron chi connectivity index (χ3n) is 3.98. The summed E-state index contributed by atoms with van der Waals surface area (Å²) in [5.74, 6) is 1.59. The van der Waals surface area contributed by atoms with E-state index in [1.54, 1.807) is 13.3 Å². The van der Waals surface area contributed by atoms with E-state index in [0.29, 0.717) is 18.1 Å². The second-order valence-corrected chi connectivity index (χ2v) is 7.26. The summed E-state index contributed by atoms with van der Waals surface area (Å²) < 4.78 is 11.2. The maximum Gasteiger partial charge on any atom is 0.250 e. The average molecular weight is 401 g/mol. The minimum absolute atomic E-state index is 0.157. The Morgan fingerprint density at radius 3 is 2.71 bits per heavy atom. The van der Waals surface area contributed by atoms with Gasteiger partial charge in [0.05, 0.1) is 25.7 Å². The van der Waals surface area contributed by atoms with Gasteiger partial charge in [0.25, 0.3) is 0 Å². The first kappa shape index (κ1) is 21.8. The largest absolute Gasteiger partial charge is 0.497 e. The Labute approximate surface area is 171 Å². The molecule has 0 aliphatic heterocycles. The normalized spacial score (nSPS) is 10.8. The monoisotopic (exact) mass is 400 g/mol. The van der Waals surface area contributed by atoms with E-state index in [1.165, 1.54) is 24.6 Å². The number of carbonyl (C=O) groups is 1. The zero-order valence-corrected chi connectivity index (χ0v) is 17.3. The van der Waals surface area contributed by atoms with Crippen LogP contribution in [0.1, 0.15) is 38.2 Å². The Hall–Kier alpha value is -2.47. The molecule has 6 heteroatoms. The number of ether oxygens (including phenoxy) is 2. The first-order valence-corrected chi connectivity index (χ1v) is 10.5. The minimum Gasteiger partial charge on any atom is -0.497 e. The Balaban J connectivity index is 1.88. The highest BCUT2D eigenvalue weighted by molar-refractivity contribution is 8.00. The van der Waals surface area contributed by atoms with E-state index in [0.717, 1.165) is 29.1 Å². The number of amides is 1. The number of thioether (sulfide) groups is 1. The van der Waals surface area contributed by atoms with E-state index >= 15 is 0 Å². The lowest BCUT2D eigenvalue weighted by molar-refractivity contribution is -0.118. The minimum atomic E-state index is -0.157. The lowest BCUT2D eigenvalue weighted by Crippen LogP contribution is -2.19. The number of hydrogen-bond acceptors (Lipinski definition) is 5. The number of methoxy groups -OCH3 is 1. The Morgan fingerprint density at radius 2 is 1.96 bits per heavy atom. The van der Waals surface area contributed by atoms with Crippen LogP contribution in [-0.4, -0.2) is 31.6 Å². The zero-order chi connectivity index (χ0) is 20.0. The quantitative estimate of drug-likeness (QED) is 0.238. The number of benzene rings is 2. The highest BCUT2D eigenvalue weighted by Crippen LogP contribution is 2.23. The van der Waals surface area contributed by atoms with Gasteiger partial charge in [-0.05, 0) is 36.8 Å². The van der Waals surface area contributed by atoms with Crippen LogP contribution in [-0.2, 0) is 4.79 Å². The van der Waals surface area contributed by atoms with Gasteiger partial charge in [-0.1, -0.05) is 44.4 Å². The van der Waals surface area contributed by atoms with Crippen LogP contribution in [0.25, 0.3) is 0 Å². The smallest absolute Gasteiger partial charge is 0.250 e. The van der Waals surface area contributed by atoms with E-state index in [2.05, 4.69) is 17.5 Å². The number of hydrogen-bond donors (Lipinski definition) is 1. The molecule has 0 heterocycles. The molecule has 0 aliphatic rings. The van der Waals surface area contributed by atoms with Gasteiger partial charge in [0.15, 0.2) is 0 Å². The van der Waals surface area contributed by atoms with E-state index in [1.807, 2.05) is 48.5 Å². The van der Waals surface area contributed by atoms with Gasteiger partial charge < -0.3 is 9.47 Å². The summed E-state index contributed by atoms with van der Waals surface area (Å²) in [5, 5.41) is 4.07. The van der Waals surface area contributed by atoms with Crippen LogP contribution in [0, 0.1) is 0 Å². The summed E-state index contributed by atoms with van der Waals surface area (Å²) in [6.45, 7) is 2.85. The fourth-order valence-corrected chi connectivity index (χ4v) is 3.18. The van der Waals surface area contributed by atoms with Crippen LogP contribution in [0.15, 0.2) is 58.5 Å². The zero-order valence-electron chi connectivity index (χ0n) is 16.5. The molecule has 0 aromatic heterocycles. The van der Waals surface area contributed by atoms with E-state index in [-0.39, 0.29) is 5.91 Å². The van der Waals surface area contributed by atoms with Crippen molar-refractivity contribution in [3.05, 3.63) is 54.1 Å². The van der Waals surface area contributed by atoms with Gasteiger partial charge in [0, 0.05) is 10.5 Å². The molecule has 0 fully saturated rings. The second-order valence-electron chi connectivity index (χ2n) is 6.21. The van der Waals surface area contributed by atoms with Crippen molar-refractivity contribution in [2.75, 3.05) is 19.5 Å². The van der Waals surface area contributed by atoms with E-state index in [4.69, 9.17) is 9.47 Å². The molecule has 5 nitrogen and oxygen atoms in total. The van der Waals surface area contributed by atoms with Crippen molar-refractivity contribution in [1.29, 1.82) is 0 Å². The SMILES string of the molecule is CCCCCCOc1ccc(OC)cc1/C=N/NC(=O)CSc1ccccc1. The third kappa shape index (κ3) is 8.05. The molecule has 0 saturated carbocycles. The molecule has 0 radical (unpaired) electrons. The maximum absolute atomic E-state index is 12.0. The average Bonchev–Trinajstić information content (AvgIpc) is 2.73. The van der Waals surface area contributed by atoms with Crippen LogP contribution < -0.4 is 14.9 Å².